The quantitative estimate of drug-likeness (QED) is 0.588. The third-order valence-corrected chi connectivity index (χ3v) is 5.76. The Morgan fingerprint density at radius 2 is 1.94 bits per heavy atom. The number of aromatic nitrogens is 4. The maximum Gasteiger partial charge on any atom is 0.256 e. The van der Waals surface area contributed by atoms with Crippen molar-refractivity contribution in [3.8, 4) is 17.3 Å². The molecule has 0 unspecified atom stereocenters. The van der Waals surface area contributed by atoms with E-state index in [1.165, 1.54) is 0 Å². The molecule has 5 rings (SSSR count). The van der Waals surface area contributed by atoms with Crippen LogP contribution in [0.2, 0.25) is 0 Å². The van der Waals surface area contributed by atoms with E-state index in [1.807, 2.05) is 29.3 Å². The molecule has 0 bridgehead atoms. The van der Waals surface area contributed by atoms with Gasteiger partial charge in [0.05, 0.1) is 23.4 Å². The van der Waals surface area contributed by atoms with Gasteiger partial charge >= 0.3 is 0 Å². The van der Waals surface area contributed by atoms with E-state index in [9.17, 15) is 5.11 Å². The standard InChI is InChI=1S/C21H25FN6O2.2ClH/c22-18-20(27-10-6-14(29)7-11-27)25-19(16-13-24-28-9-2-1-5-17(16)28)26-21(18)30-15-4-3-8-23-12-15;;/h1-2,5,9,13-15,23,29H,3-4,6-8,10-12H2;2*1H/t15-;;/m1../s1. The molecule has 11 heteroatoms. The number of nitrogens with zero attached hydrogens (tertiary/aromatic N) is 5. The zero-order valence-corrected chi connectivity index (χ0v) is 19.1. The van der Waals surface area contributed by atoms with Crippen LogP contribution in [-0.4, -0.2) is 63.1 Å². The van der Waals surface area contributed by atoms with E-state index < -0.39 is 5.82 Å². The average molecular weight is 485 g/mol. The molecule has 2 aliphatic rings. The summed E-state index contributed by atoms with van der Waals surface area (Å²) in [6.45, 7) is 2.68. The van der Waals surface area contributed by atoms with Crippen molar-refractivity contribution in [2.24, 2.45) is 0 Å². The fraction of sp³-hybridized carbons (Fsp3) is 0.476. The smallest absolute Gasteiger partial charge is 0.256 e. The lowest BCUT2D eigenvalue weighted by molar-refractivity contribution is 0.144. The summed E-state index contributed by atoms with van der Waals surface area (Å²) < 4.78 is 23.2. The first-order chi connectivity index (χ1) is 14.7. The highest BCUT2D eigenvalue weighted by molar-refractivity contribution is 5.85. The van der Waals surface area contributed by atoms with Crippen LogP contribution in [0.25, 0.3) is 16.9 Å². The van der Waals surface area contributed by atoms with Gasteiger partial charge in [-0.1, -0.05) is 6.07 Å². The second-order valence-electron chi connectivity index (χ2n) is 7.88. The number of ether oxygens (including phenoxy) is 1. The van der Waals surface area contributed by atoms with Crippen LogP contribution in [-0.2, 0) is 0 Å². The molecule has 2 N–H and O–H groups in total. The number of aliphatic hydroxyl groups is 1. The molecule has 3 aromatic heterocycles. The van der Waals surface area contributed by atoms with Crippen molar-refractivity contribution in [1.82, 2.24) is 24.9 Å². The maximum absolute atomic E-state index is 15.4. The van der Waals surface area contributed by atoms with Crippen LogP contribution in [0.15, 0.2) is 30.6 Å². The predicted octanol–water partition coefficient (Wildman–Crippen LogP) is 2.87. The van der Waals surface area contributed by atoms with Gasteiger partial charge in [-0.25, -0.2) is 9.50 Å². The minimum Gasteiger partial charge on any atom is -0.471 e. The topological polar surface area (TPSA) is 87.8 Å². The average Bonchev–Trinajstić information content (AvgIpc) is 3.21. The highest BCUT2D eigenvalue weighted by Gasteiger charge is 2.27. The van der Waals surface area contributed by atoms with Crippen molar-refractivity contribution in [2.75, 3.05) is 31.1 Å². The molecule has 0 aromatic carbocycles. The second-order valence-corrected chi connectivity index (χ2v) is 7.88. The zero-order chi connectivity index (χ0) is 20.5. The van der Waals surface area contributed by atoms with Crippen LogP contribution in [0.1, 0.15) is 25.7 Å². The van der Waals surface area contributed by atoms with E-state index in [2.05, 4.69) is 20.4 Å². The molecule has 2 saturated heterocycles. The summed E-state index contributed by atoms with van der Waals surface area (Å²) in [4.78, 5) is 10.9. The monoisotopic (exact) mass is 484 g/mol. The Bertz CT molecular complexity index is 1040. The summed E-state index contributed by atoms with van der Waals surface area (Å²) in [6.07, 6.45) is 6.06. The van der Waals surface area contributed by atoms with Crippen molar-refractivity contribution < 1.29 is 14.2 Å². The summed E-state index contributed by atoms with van der Waals surface area (Å²) in [5.41, 5.74) is 1.56. The van der Waals surface area contributed by atoms with Crippen molar-refractivity contribution in [1.29, 1.82) is 0 Å². The number of rotatable bonds is 4. The number of pyridine rings is 1. The fourth-order valence-electron chi connectivity index (χ4n) is 4.09. The highest BCUT2D eigenvalue weighted by Crippen LogP contribution is 2.32. The molecule has 1 atom stereocenters. The molecule has 2 aliphatic heterocycles. The van der Waals surface area contributed by atoms with E-state index in [0.29, 0.717) is 38.3 Å². The van der Waals surface area contributed by atoms with Crippen LogP contribution in [0.5, 0.6) is 5.88 Å². The third kappa shape index (κ3) is 4.91. The number of fused-ring (bicyclic) bond motifs is 1. The molecule has 2 fully saturated rings. The van der Waals surface area contributed by atoms with Crippen LogP contribution in [0, 0.1) is 5.82 Å². The third-order valence-electron chi connectivity index (χ3n) is 5.76. The zero-order valence-electron chi connectivity index (χ0n) is 17.5. The van der Waals surface area contributed by atoms with Crippen molar-refractivity contribution in [2.45, 2.75) is 37.9 Å². The molecule has 0 amide bonds. The summed E-state index contributed by atoms with van der Waals surface area (Å²) in [5, 5.41) is 17.5. The Morgan fingerprint density at radius 3 is 2.69 bits per heavy atom. The fourth-order valence-corrected chi connectivity index (χ4v) is 4.09. The molecule has 0 spiro atoms. The highest BCUT2D eigenvalue weighted by atomic mass is 35.5. The molecule has 8 nitrogen and oxygen atoms in total. The van der Waals surface area contributed by atoms with Gasteiger partial charge in [-0.15, -0.1) is 24.8 Å². The number of piperidine rings is 2. The first-order valence-corrected chi connectivity index (χ1v) is 10.5. The van der Waals surface area contributed by atoms with Gasteiger partial charge in [0.1, 0.15) is 6.10 Å². The van der Waals surface area contributed by atoms with Gasteiger partial charge in [0.25, 0.3) is 5.88 Å². The molecule has 174 valence electrons. The lowest BCUT2D eigenvalue weighted by Gasteiger charge is -2.31. The number of halogens is 3. The normalized spacial score (nSPS) is 19.3. The first-order valence-electron chi connectivity index (χ1n) is 10.5. The molecule has 32 heavy (non-hydrogen) atoms. The maximum atomic E-state index is 15.4. The van der Waals surface area contributed by atoms with Gasteiger partial charge in [-0.2, -0.15) is 14.5 Å². The lowest BCUT2D eigenvalue weighted by atomic mass is 10.1. The van der Waals surface area contributed by atoms with Gasteiger partial charge in [0.2, 0.25) is 5.82 Å². The van der Waals surface area contributed by atoms with E-state index in [-0.39, 0.29) is 48.7 Å². The van der Waals surface area contributed by atoms with E-state index in [1.54, 1.807) is 10.7 Å². The number of hydrogen-bond donors (Lipinski definition) is 2. The minimum atomic E-state index is -0.544. The Labute approximate surface area is 198 Å². The Hall–Kier alpha value is -2.20. The Morgan fingerprint density at radius 1 is 1.12 bits per heavy atom. The van der Waals surface area contributed by atoms with Crippen molar-refractivity contribution in [3.05, 3.63) is 36.4 Å². The molecule has 0 aliphatic carbocycles. The Kier molecular flexibility index (Phi) is 8.10. The molecule has 0 saturated carbocycles. The lowest BCUT2D eigenvalue weighted by Crippen LogP contribution is -2.38. The van der Waals surface area contributed by atoms with Crippen LogP contribution in [0.4, 0.5) is 10.2 Å². The van der Waals surface area contributed by atoms with Crippen LogP contribution >= 0.6 is 24.8 Å². The number of hydrogen-bond acceptors (Lipinski definition) is 7. The molecule has 5 heterocycles. The number of anilines is 1. The van der Waals surface area contributed by atoms with Crippen LogP contribution < -0.4 is 15.0 Å². The number of nitrogens with one attached hydrogen (secondary N) is 1. The summed E-state index contributed by atoms with van der Waals surface area (Å²) in [7, 11) is 0. The summed E-state index contributed by atoms with van der Waals surface area (Å²) in [5.74, 6) is 0.0423. The van der Waals surface area contributed by atoms with Gasteiger partial charge in [0, 0.05) is 25.8 Å². The Balaban J connectivity index is 0.00000144. The molecule has 3 aromatic rings. The van der Waals surface area contributed by atoms with E-state index in [0.717, 1.165) is 30.5 Å². The largest absolute Gasteiger partial charge is 0.471 e. The first kappa shape index (κ1) is 24.4. The second kappa shape index (κ2) is 10.6. The summed E-state index contributed by atoms with van der Waals surface area (Å²) >= 11 is 0. The molecular formula is C21H27Cl2FN6O2. The minimum absolute atomic E-state index is 0. The van der Waals surface area contributed by atoms with Crippen molar-refractivity contribution >= 4 is 36.1 Å². The number of aliphatic hydroxyl groups excluding tert-OH is 1. The SMILES string of the molecule is Cl.Cl.OC1CCN(c2nc(-c3cnn4ccccc34)nc(O[C@@H]3CCCNC3)c2F)CC1. The van der Waals surface area contributed by atoms with E-state index in [4.69, 9.17) is 4.74 Å². The van der Waals surface area contributed by atoms with Gasteiger partial charge in [-0.3, -0.25) is 0 Å². The van der Waals surface area contributed by atoms with Crippen molar-refractivity contribution in [3.63, 3.8) is 0 Å². The van der Waals surface area contributed by atoms with Gasteiger partial charge < -0.3 is 20.1 Å². The van der Waals surface area contributed by atoms with Gasteiger partial charge in [0.15, 0.2) is 11.6 Å². The summed E-state index contributed by atoms with van der Waals surface area (Å²) in [6, 6.07) is 5.74. The van der Waals surface area contributed by atoms with Gasteiger partial charge in [-0.05, 0) is 44.4 Å². The van der Waals surface area contributed by atoms with Crippen LogP contribution in [0.3, 0.4) is 0 Å². The van der Waals surface area contributed by atoms with E-state index >= 15 is 4.39 Å². The molecule has 0 radical (unpaired) electrons. The molecular weight excluding hydrogens is 458 g/mol. The predicted molar refractivity (Wildman–Crippen MR) is 125 cm³/mol.